The lowest BCUT2D eigenvalue weighted by atomic mass is 10.2. The van der Waals surface area contributed by atoms with Gasteiger partial charge in [0, 0.05) is 18.7 Å². The molecule has 2 aromatic heterocycles. The normalized spacial score (nSPS) is 10.3. The van der Waals surface area contributed by atoms with E-state index in [0.29, 0.717) is 17.9 Å². The van der Waals surface area contributed by atoms with Gasteiger partial charge in [0.05, 0.1) is 4.88 Å². The van der Waals surface area contributed by atoms with Crippen LogP contribution in [0.5, 0.6) is 0 Å². The van der Waals surface area contributed by atoms with Crippen LogP contribution in [-0.2, 0) is 0 Å². The molecule has 0 bridgehead atoms. The number of nitrogens with zero attached hydrogens (tertiary/aromatic N) is 2. The van der Waals surface area contributed by atoms with E-state index in [4.69, 9.17) is 4.52 Å². The standard InChI is InChI=1S/C16H14N4O3S/c21-14(11-5-2-1-3-6-11)17-8-9-18-15(22)16-19-13(20-23-16)12-7-4-10-24-12/h1-7,10H,8-9H2,(H,17,21)(H,18,22). The molecule has 0 radical (unpaired) electrons. The van der Waals surface area contributed by atoms with Crippen LogP contribution in [0.25, 0.3) is 10.7 Å². The fourth-order valence-electron chi connectivity index (χ4n) is 1.94. The summed E-state index contributed by atoms with van der Waals surface area (Å²) in [6.07, 6.45) is 0. The van der Waals surface area contributed by atoms with Crippen molar-refractivity contribution >= 4 is 23.2 Å². The van der Waals surface area contributed by atoms with Crippen LogP contribution in [0.3, 0.4) is 0 Å². The zero-order valence-corrected chi connectivity index (χ0v) is 13.4. The van der Waals surface area contributed by atoms with Gasteiger partial charge in [-0.3, -0.25) is 9.59 Å². The smallest absolute Gasteiger partial charge is 0.316 e. The minimum Gasteiger partial charge on any atom is -0.350 e. The Morgan fingerprint density at radius 3 is 2.46 bits per heavy atom. The van der Waals surface area contributed by atoms with E-state index in [1.807, 2.05) is 23.6 Å². The molecule has 3 rings (SSSR count). The number of aromatic nitrogens is 2. The Balaban J connectivity index is 1.45. The summed E-state index contributed by atoms with van der Waals surface area (Å²) >= 11 is 1.46. The van der Waals surface area contributed by atoms with E-state index < -0.39 is 5.91 Å². The van der Waals surface area contributed by atoms with Gasteiger partial charge in [-0.1, -0.05) is 29.4 Å². The minimum absolute atomic E-state index is 0.104. The molecule has 0 aliphatic rings. The Kier molecular flexibility index (Phi) is 4.97. The van der Waals surface area contributed by atoms with Crippen LogP contribution in [0.1, 0.15) is 21.0 Å². The fraction of sp³-hybridized carbons (Fsp3) is 0.125. The highest BCUT2D eigenvalue weighted by Crippen LogP contribution is 2.21. The van der Waals surface area contributed by atoms with Crippen LogP contribution in [0.2, 0.25) is 0 Å². The number of thiophene rings is 1. The predicted molar refractivity (Wildman–Crippen MR) is 88.7 cm³/mol. The molecule has 2 N–H and O–H groups in total. The minimum atomic E-state index is -0.473. The maximum Gasteiger partial charge on any atom is 0.316 e. The highest BCUT2D eigenvalue weighted by molar-refractivity contribution is 7.13. The first-order valence-corrected chi connectivity index (χ1v) is 8.11. The number of amides is 2. The lowest BCUT2D eigenvalue weighted by Gasteiger charge is -2.05. The lowest BCUT2D eigenvalue weighted by molar-refractivity contribution is 0.0898. The SMILES string of the molecule is O=C(NCCNC(=O)c1nc(-c2cccs2)no1)c1ccccc1. The second-order valence-corrected chi connectivity index (χ2v) is 5.73. The van der Waals surface area contributed by atoms with Gasteiger partial charge in [0.25, 0.3) is 5.91 Å². The Labute approximate surface area is 141 Å². The third-order valence-corrected chi connectivity index (χ3v) is 3.96. The Hall–Kier alpha value is -3.00. The Morgan fingerprint density at radius 1 is 1.00 bits per heavy atom. The van der Waals surface area contributed by atoms with Crippen molar-refractivity contribution in [3.05, 3.63) is 59.3 Å². The number of hydrogen-bond acceptors (Lipinski definition) is 6. The Bertz CT molecular complexity index is 815. The fourth-order valence-corrected chi connectivity index (χ4v) is 2.59. The molecule has 0 aliphatic carbocycles. The molecule has 0 saturated heterocycles. The highest BCUT2D eigenvalue weighted by Gasteiger charge is 2.16. The van der Waals surface area contributed by atoms with Gasteiger partial charge in [-0.15, -0.1) is 11.3 Å². The van der Waals surface area contributed by atoms with Crippen LogP contribution >= 0.6 is 11.3 Å². The van der Waals surface area contributed by atoms with Crippen LogP contribution in [-0.4, -0.2) is 35.0 Å². The molecule has 0 spiro atoms. The van der Waals surface area contributed by atoms with Crippen LogP contribution in [0.15, 0.2) is 52.4 Å². The first-order valence-electron chi connectivity index (χ1n) is 7.23. The molecule has 7 nitrogen and oxygen atoms in total. The van der Waals surface area contributed by atoms with Gasteiger partial charge in [-0.2, -0.15) is 4.98 Å². The van der Waals surface area contributed by atoms with Gasteiger partial charge >= 0.3 is 11.8 Å². The number of carbonyl (C=O) groups is 2. The predicted octanol–water partition coefficient (Wildman–Crippen LogP) is 1.96. The molecule has 2 heterocycles. The topological polar surface area (TPSA) is 97.1 Å². The molecular weight excluding hydrogens is 328 g/mol. The van der Waals surface area contributed by atoms with Gasteiger partial charge in [-0.05, 0) is 23.6 Å². The van der Waals surface area contributed by atoms with Crippen LogP contribution in [0, 0.1) is 0 Å². The van der Waals surface area contributed by atoms with E-state index in [1.165, 1.54) is 11.3 Å². The van der Waals surface area contributed by atoms with Crippen molar-refractivity contribution in [2.75, 3.05) is 13.1 Å². The van der Waals surface area contributed by atoms with Crippen molar-refractivity contribution in [3.63, 3.8) is 0 Å². The number of rotatable bonds is 6. The second-order valence-electron chi connectivity index (χ2n) is 4.78. The monoisotopic (exact) mass is 342 g/mol. The number of carbonyl (C=O) groups excluding carboxylic acids is 2. The van der Waals surface area contributed by atoms with Crippen molar-refractivity contribution in [2.45, 2.75) is 0 Å². The zero-order valence-electron chi connectivity index (χ0n) is 12.6. The van der Waals surface area contributed by atoms with Crippen molar-refractivity contribution in [2.24, 2.45) is 0 Å². The number of hydrogen-bond donors (Lipinski definition) is 2. The molecule has 0 saturated carbocycles. The quantitative estimate of drug-likeness (QED) is 0.668. The average molecular weight is 342 g/mol. The number of benzene rings is 1. The Morgan fingerprint density at radius 2 is 1.75 bits per heavy atom. The molecule has 3 aromatic rings. The maximum atomic E-state index is 11.9. The van der Waals surface area contributed by atoms with Crippen molar-refractivity contribution < 1.29 is 14.1 Å². The van der Waals surface area contributed by atoms with E-state index in [-0.39, 0.29) is 18.3 Å². The largest absolute Gasteiger partial charge is 0.350 e. The van der Waals surface area contributed by atoms with Crippen LogP contribution < -0.4 is 10.6 Å². The van der Waals surface area contributed by atoms with Gasteiger partial charge < -0.3 is 15.2 Å². The van der Waals surface area contributed by atoms with E-state index in [2.05, 4.69) is 20.8 Å². The summed E-state index contributed by atoms with van der Waals surface area (Å²) in [5.41, 5.74) is 0.571. The first-order chi connectivity index (χ1) is 11.7. The molecule has 2 amide bonds. The van der Waals surface area contributed by atoms with Crippen molar-refractivity contribution in [1.82, 2.24) is 20.8 Å². The third kappa shape index (κ3) is 3.85. The summed E-state index contributed by atoms with van der Waals surface area (Å²) < 4.78 is 4.94. The molecular formula is C16H14N4O3S. The van der Waals surface area contributed by atoms with Crippen molar-refractivity contribution in [3.8, 4) is 10.7 Å². The summed E-state index contributed by atoms with van der Waals surface area (Å²) in [5, 5.41) is 11.0. The molecule has 0 atom stereocenters. The summed E-state index contributed by atoms with van der Waals surface area (Å²) in [6.45, 7) is 0.555. The van der Waals surface area contributed by atoms with E-state index >= 15 is 0 Å². The maximum absolute atomic E-state index is 11.9. The molecule has 1 aromatic carbocycles. The molecule has 0 aliphatic heterocycles. The molecule has 8 heteroatoms. The van der Waals surface area contributed by atoms with Gasteiger partial charge in [0.1, 0.15) is 0 Å². The zero-order chi connectivity index (χ0) is 16.8. The first kappa shape index (κ1) is 15.9. The third-order valence-electron chi connectivity index (χ3n) is 3.09. The molecule has 24 heavy (non-hydrogen) atoms. The summed E-state index contributed by atoms with van der Waals surface area (Å²) in [4.78, 5) is 28.6. The molecule has 122 valence electrons. The van der Waals surface area contributed by atoms with E-state index in [1.54, 1.807) is 24.3 Å². The lowest BCUT2D eigenvalue weighted by Crippen LogP contribution is -2.34. The average Bonchev–Trinajstić information content (AvgIpc) is 3.30. The summed E-state index contributed by atoms with van der Waals surface area (Å²) in [5.74, 6) is -0.387. The van der Waals surface area contributed by atoms with E-state index in [9.17, 15) is 9.59 Å². The van der Waals surface area contributed by atoms with Gasteiger partial charge in [0.2, 0.25) is 5.82 Å². The van der Waals surface area contributed by atoms with Crippen LogP contribution in [0.4, 0.5) is 0 Å². The van der Waals surface area contributed by atoms with Gasteiger partial charge in [-0.25, -0.2) is 0 Å². The summed E-state index contributed by atoms with van der Waals surface area (Å²) in [7, 11) is 0. The molecule has 0 unspecified atom stereocenters. The van der Waals surface area contributed by atoms with E-state index in [0.717, 1.165) is 4.88 Å². The number of nitrogens with one attached hydrogen (secondary N) is 2. The summed E-state index contributed by atoms with van der Waals surface area (Å²) in [6, 6.07) is 12.6. The van der Waals surface area contributed by atoms with Gasteiger partial charge in [0.15, 0.2) is 0 Å². The highest BCUT2D eigenvalue weighted by atomic mass is 32.1. The molecule has 0 fully saturated rings. The van der Waals surface area contributed by atoms with Crippen molar-refractivity contribution in [1.29, 1.82) is 0 Å². The second kappa shape index (κ2) is 7.51.